The molecule has 0 rings (SSSR count). The van der Waals surface area contributed by atoms with Gasteiger partial charge in [-0.25, -0.2) is 9.59 Å². The summed E-state index contributed by atoms with van der Waals surface area (Å²) in [6.07, 6.45) is 2.30. The van der Waals surface area contributed by atoms with Crippen molar-refractivity contribution in [1.29, 1.82) is 0 Å². The fourth-order valence-electron chi connectivity index (χ4n) is 0.207. The second-order valence-corrected chi connectivity index (χ2v) is 1.38. The van der Waals surface area contributed by atoms with Crippen LogP contribution in [0.1, 0.15) is 0 Å². The summed E-state index contributed by atoms with van der Waals surface area (Å²) in [6, 6.07) is 0. The van der Waals surface area contributed by atoms with Crippen LogP contribution in [-0.2, 0) is 14.3 Å². The van der Waals surface area contributed by atoms with Crippen molar-refractivity contribution in [1.82, 2.24) is 0 Å². The van der Waals surface area contributed by atoms with Gasteiger partial charge in [0.15, 0.2) is 0 Å². The van der Waals surface area contributed by atoms with E-state index in [9.17, 15) is 9.59 Å². The molecular formula is C7H10O5. The molecular weight excluding hydrogens is 164 g/mol. The largest absolute Gasteiger partial charge is 0.516 e. The molecule has 0 saturated heterocycles. The highest BCUT2D eigenvalue weighted by atomic mass is 16.5. The first-order chi connectivity index (χ1) is 5.58. The van der Waals surface area contributed by atoms with Gasteiger partial charge in [0.05, 0.1) is 13.4 Å². The van der Waals surface area contributed by atoms with Crippen LogP contribution >= 0.6 is 0 Å². The van der Waals surface area contributed by atoms with E-state index in [4.69, 9.17) is 10.2 Å². The van der Waals surface area contributed by atoms with E-state index in [1.54, 1.807) is 0 Å². The SMILES string of the molecule is C=CO.COC(=O)/C=C\C(=O)O. The van der Waals surface area contributed by atoms with Gasteiger partial charge >= 0.3 is 11.9 Å². The molecule has 0 aromatic heterocycles. The molecule has 0 radical (unpaired) electrons. The van der Waals surface area contributed by atoms with E-state index in [0.29, 0.717) is 6.08 Å². The Morgan fingerprint density at radius 3 is 2.08 bits per heavy atom. The number of carbonyl (C=O) groups excluding carboxylic acids is 1. The van der Waals surface area contributed by atoms with Gasteiger partial charge in [-0.2, -0.15) is 0 Å². The van der Waals surface area contributed by atoms with Crippen molar-refractivity contribution in [2.45, 2.75) is 0 Å². The number of rotatable bonds is 2. The van der Waals surface area contributed by atoms with Crippen LogP contribution in [0.4, 0.5) is 0 Å². The average Bonchev–Trinajstić information content (AvgIpc) is 2.01. The molecule has 0 aliphatic carbocycles. The van der Waals surface area contributed by atoms with Crippen molar-refractivity contribution >= 4 is 11.9 Å². The first-order valence-electron chi connectivity index (χ1n) is 2.82. The number of esters is 1. The molecule has 0 amide bonds. The molecule has 0 aromatic rings. The molecule has 5 nitrogen and oxygen atoms in total. The minimum absolute atomic E-state index is 0.669. The Kier molecular flexibility index (Phi) is 9.88. The molecule has 0 aliphatic heterocycles. The molecule has 0 aliphatic rings. The van der Waals surface area contributed by atoms with Gasteiger partial charge in [-0.15, -0.1) is 0 Å². The van der Waals surface area contributed by atoms with Crippen LogP contribution in [0.15, 0.2) is 25.0 Å². The van der Waals surface area contributed by atoms with Crippen LogP contribution in [0.5, 0.6) is 0 Å². The summed E-state index contributed by atoms with van der Waals surface area (Å²) in [5, 5.41) is 15.3. The molecule has 5 heteroatoms. The molecule has 0 spiro atoms. The minimum Gasteiger partial charge on any atom is -0.516 e. The molecule has 0 saturated carbocycles. The van der Waals surface area contributed by atoms with Crippen LogP contribution < -0.4 is 0 Å². The lowest BCUT2D eigenvalue weighted by Gasteiger charge is -1.85. The first kappa shape index (κ1) is 12.9. The fraction of sp³-hybridized carbons (Fsp3) is 0.143. The molecule has 0 aromatic carbocycles. The van der Waals surface area contributed by atoms with E-state index < -0.39 is 11.9 Å². The molecule has 0 fully saturated rings. The Bertz CT molecular complexity index is 182. The summed E-state index contributed by atoms with van der Waals surface area (Å²) >= 11 is 0. The summed E-state index contributed by atoms with van der Waals surface area (Å²) in [4.78, 5) is 19.9. The third-order valence-corrected chi connectivity index (χ3v) is 0.563. The van der Waals surface area contributed by atoms with Gasteiger partial charge in [-0.1, -0.05) is 6.58 Å². The summed E-state index contributed by atoms with van der Waals surface area (Å²) in [6.45, 7) is 2.92. The Hall–Kier alpha value is -1.78. The highest BCUT2D eigenvalue weighted by molar-refractivity contribution is 5.90. The lowest BCUT2D eigenvalue weighted by molar-refractivity contribution is -0.136. The lowest BCUT2D eigenvalue weighted by Crippen LogP contribution is -1.96. The monoisotopic (exact) mass is 174 g/mol. The third kappa shape index (κ3) is 15.7. The van der Waals surface area contributed by atoms with Crippen LogP contribution in [-0.4, -0.2) is 29.3 Å². The number of ether oxygens (including phenoxy) is 1. The zero-order valence-corrected chi connectivity index (χ0v) is 6.56. The third-order valence-electron chi connectivity index (χ3n) is 0.563. The van der Waals surface area contributed by atoms with E-state index in [-0.39, 0.29) is 0 Å². The van der Waals surface area contributed by atoms with E-state index in [1.807, 2.05) is 0 Å². The summed E-state index contributed by atoms with van der Waals surface area (Å²) in [7, 11) is 1.18. The van der Waals surface area contributed by atoms with Crippen molar-refractivity contribution in [2.24, 2.45) is 0 Å². The second kappa shape index (κ2) is 9.22. The standard InChI is InChI=1S/C5H6O4.C2H4O/c1-9-5(8)3-2-4(6)7;1-2-3/h2-3H,1H3,(H,6,7);2-3H,1H2/b3-2-;. The first-order valence-corrected chi connectivity index (χ1v) is 2.82. The van der Waals surface area contributed by atoms with Crippen LogP contribution in [0.3, 0.4) is 0 Å². The maximum atomic E-state index is 10.1. The van der Waals surface area contributed by atoms with E-state index in [2.05, 4.69) is 11.3 Å². The molecule has 2 N–H and O–H groups in total. The zero-order chi connectivity index (χ0) is 9.98. The number of carboxylic acid groups (broad SMARTS) is 1. The number of aliphatic hydroxyl groups is 1. The molecule has 68 valence electrons. The van der Waals surface area contributed by atoms with Crippen LogP contribution in [0.25, 0.3) is 0 Å². The van der Waals surface area contributed by atoms with E-state index in [0.717, 1.165) is 12.3 Å². The van der Waals surface area contributed by atoms with Gasteiger partial charge in [0.2, 0.25) is 0 Å². The van der Waals surface area contributed by atoms with E-state index in [1.165, 1.54) is 7.11 Å². The maximum Gasteiger partial charge on any atom is 0.330 e. The predicted molar refractivity (Wildman–Crippen MR) is 41.6 cm³/mol. The normalized spacial score (nSPS) is 8.08. The molecule has 0 unspecified atom stereocenters. The summed E-state index contributed by atoms with van der Waals surface area (Å²) in [5.74, 6) is -1.84. The van der Waals surface area contributed by atoms with Gasteiger partial charge in [-0.05, 0) is 0 Å². The highest BCUT2D eigenvalue weighted by Crippen LogP contribution is 1.76. The van der Waals surface area contributed by atoms with Crippen LogP contribution in [0, 0.1) is 0 Å². The quantitative estimate of drug-likeness (QED) is 0.361. The number of hydrogen-bond acceptors (Lipinski definition) is 4. The Morgan fingerprint density at radius 1 is 1.42 bits per heavy atom. The average molecular weight is 174 g/mol. The molecule has 0 atom stereocenters. The summed E-state index contributed by atoms with van der Waals surface area (Å²) < 4.78 is 4.11. The van der Waals surface area contributed by atoms with Crippen molar-refractivity contribution in [3.63, 3.8) is 0 Å². The minimum atomic E-state index is -1.17. The van der Waals surface area contributed by atoms with Gasteiger partial charge in [0.25, 0.3) is 0 Å². The topological polar surface area (TPSA) is 83.8 Å². The van der Waals surface area contributed by atoms with Crippen molar-refractivity contribution in [3.05, 3.63) is 25.0 Å². The summed E-state index contributed by atoms with van der Waals surface area (Å²) in [5.41, 5.74) is 0. The predicted octanol–water partition coefficient (Wildman–Crippen LogP) is 0.488. The van der Waals surface area contributed by atoms with Gasteiger partial charge in [0, 0.05) is 12.2 Å². The van der Waals surface area contributed by atoms with Crippen molar-refractivity contribution in [2.75, 3.05) is 7.11 Å². The van der Waals surface area contributed by atoms with Gasteiger partial charge in [-0.3, -0.25) is 0 Å². The van der Waals surface area contributed by atoms with Crippen molar-refractivity contribution < 1.29 is 24.5 Å². The Balaban J connectivity index is 0. The van der Waals surface area contributed by atoms with Crippen molar-refractivity contribution in [3.8, 4) is 0 Å². The number of methoxy groups -OCH3 is 1. The highest BCUT2D eigenvalue weighted by Gasteiger charge is 1.91. The number of aliphatic hydroxyl groups excluding tert-OH is 1. The van der Waals surface area contributed by atoms with Gasteiger partial charge in [0.1, 0.15) is 0 Å². The Labute approximate surface area is 69.6 Å². The second-order valence-electron chi connectivity index (χ2n) is 1.38. The molecule has 0 bridgehead atoms. The lowest BCUT2D eigenvalue weighted by atomic mass is 10.5. The fourth-order valence-corrected chi connectivity index (χ4v) is 0.207. The van der Waals surface area contributed by atoms with Gasteiger partial charge < -0.3 is 14.9 Å². The maximum absolute atomic E-state index is 10.1. The number of carboxylic acids is 1. The number of hydrogen-bond donors (Lipinski definition) is 2. The smallest absolute Gasteiger partial charge is 0.330 e. The molecule has 0 heterocycles. The number of carbonyl (C=O) groups is 2. The zero-order valence-electron chi connectivity index (χ0n) is 6.56. The molecule has 12 heavy (non-hydrogen) atoms. The Morgan fingerprint density at radius 2 is 1.83 bits per heavy atom. The number of aliphatic carboxylic acids is 1. The van der Waals surface area contributed by atoms with Crippen LogP contribution in [0.2, 0.25) is 0 Å². The van der Waals surface area contributed by atoms with E-state index >= 15 is 0 Å².